The summed E-state index contributed by atoms with van der Waals surface area (Å²) < 4.78 is 1.91. The first kappa shape index (κ1) is 15.5. The Hall–Kier alpha value is -0.540. The van der Waals surface area contributed by atoms with Gasteiger partial charge in [0.1, 0.15) is 0 Å². The molecule has 0 aliphatic rings. The molecule has 1 rings (SSSR count). The van der Waals surface area contributed by atoms with Gasteiger partial charge in [0.25, 0.3) is 0 Å². The number of nitrogens with zero attached hydrogens (tertiary/aromatic N) is 2. The third-order valence-electron chi connectivity index (χ3n) is 3.60. The highest BCUT2D eigenvalue weighted by Gasteiger charge is 2.18. The largest absolute Gasteiger partial charge is 0.314 e. The van der Waals surface area contributed by atoms with Gasteiger partial charge in [-0.15, -0.1) is 0 Å². The Kier molecular flexibility index (Phi) is 5.67. The second kappa shape index (κ2) is 6.58. The van der Waals surface area contributed by atoms with E-state index in [1.807, 2.05) is 18.7 Å². The van der Waals surface area contributed by atoms with Crippen LogP contribution in [0.3, 0.4) is 0 Å². The van der Waals surface area contributed by atoms with Crippen LogP contribution in [0.15, 0.2) is 0 Å². The summed E-state index contributed by atoms with van der Waals surface area (Å²) in [7, 11) is 1.97. The van der Waals surface area contributed by atoms with Crippen molar-refractivity contribution in [2.45, 2.75) is 47.1 Å². The molecule has 0 aliphatic heterocycles. The molecule has 0 bridgehead atoms. The summed E-state index contributed by atoms with van der Waals surface area (Å²) in [5.74, 6) is 1.21. The van der Waals surface area contributed by atoms with E-state index in [0.717, 1.165) is 29.4 Å². The van der Waals surface area contributed by atoms with Gasteiger partial charge in [-0.2, -0.15) is 5.10 Å². The van der Waals surface area contributed by atoms with E-state index in [2.05, 4.69) is 38.1 Å². The smallest absolute Gasteiger partial charge is 0.0847 e. The Morgan fingerprint density at radius 1 is 1.22 bits per heavy atom. The van der Waals surface area contributed by atoms with Crippen LogP contribution >= 0.6 is 11.6 Å². The van der Waals surface area contributed by atoms with E-state index in [0.29, 0.717) is 17.9 Å². The Morgan fingerprint density at radius 3 is 2.28 bits per heavy atom. The highest BCUT2D eigenvalue weighted by molar-refractivity contribution is 6.31. The quantitative estimate of drug-likeness (QED) is 0.861. The topological polar surface area (TPSA) is 29.9 Å². The lowest BCUT2D eigenvalue weighted by molar-refractivity contribution is 0.349. The molecule has 0 saturated heterocycles. The molecule has 0 saturated carbocycles. The van der Waals surface area contributed by atoms with Crippen LogP contribution in [0.2, 0.25) is 5.02 Å². The minimum atomic E-state index is 0.544. The van der Waals surface area contributed by atoms with Gasteiger partial charge in [0, 0.05) is 13.1 Å². The zero-order valence-electron chi connectivity index (χ0n) is 12.4. The SMILES string of the molecule is Cc1nn(C)c(CC(C)C(C)CNC(C)C)c1Cl. The van der Waals surface area contributed by atoms with Crippen molar-refractivity contribution >= 4 is 11.6 Å². The van der Waals surface area contributed by atoms with Crippen molar-refractivity contribution in [1.29, 1.82) is 0 Å². The summed E-state index contributed by atoms with van der Waals surface area (Å²) in [5.41, 5.74) is 2.08. The molecule has 0 aromatic carbocycles. The molecule has 0 aliphatic carbocycles. The molecule has 18 heavy (non-hydrogen) atoms. The summed E-state index contributed by atoms with van der Waals surface area (Å²) in [6, 6.07) is 0.544. The van der Waals surface area contributed by atoms with Crippen LogP contribution in [0.25, 0.3) is 0 Å². The molecule has 0 radical (unpaired) electrons. The molecule has 1 aromatic heterocycles. The molecule has 0 fully saturated rings. The molecule has 0 spiro atoms. The minimum absolute atomic E-state index is 0.544. The number of halogens is 1. The third kappa shape index (κ3) is 3.99. The van der Waals surface area contributed by atoms with Gasteiger partial charge in [-0.3, -0.25) is 4.68 Å². The molecule has 0 amide bonds. The Morgan fingerprint density at radius 2 is 1.83 bits per heavy atom. The van der Waals surface area contributed by atoms with Crippen molar-refractivity contribution in [2.75, 3.05) is 6.54 Å². The fourth-order valence-electron chi connectivity index (χ4n) is 2.03. The van der Waals surface area contributed by atoms with Gasteiger partial charge in [-0.1, -0.05) is 39.3 Å². The van der Waals surface area contributed by atoms with Crippen LogP contribution in [-0.2, 0) is 13.5 Å². The highest BCUT2D eigenvalue weighted by atomic mass is 35.5. The lowest BCUT2D eigenvalue weighted by Crippen LogP contribution is -2.31. The minimum Gasteiger partial charge on any atom is -0.314 e. The maximum absolute atomic E-state index is 6.29. The van der Waals surface area contributed by atoms with Gasteiger partial charge in [0.05, 0.1) is 16.4 Å². The van der Waals surface area contributed by atoms with E-state index in [1.54, 1.807) is 0 Å². The molecular formula is C14H26ClN3. The Labute approximate surface area is 116 Å². The van der Waals surface area contributed by atoms with Crippen molar-refractivity contribution in [3.8, 4) is 0 Å². The second-order valence-electron chi connectivity index (χ2n) is 5.69. The highest BCUT2D eigenvalue weighted by Crippen LogP contribution is 2.24. The summed E-state index contributed by atoms with van der Waals surface area (Å²) in [4.78, 5) is 0. The van der Waals surface area contributed by atoms with Crippen molar-refractivity contribution < 1.29 is 0 Å². The van der Waals surface area contributed by atoms with Crippen molar-refractivity contribution in [1.82, 2.24) is 15.1 Å². The number of aromatic nitrogens is 2. The number of nitrogens with one attached hydrogen (secondary N) is 1. The number of aryl methyl sites for hydroxylation is 2. The zero-order valence-corrected chi connectivity index (χ0v) is 13.2. The molecule has 1 heterocycles. The van der Waals surface area contributed by atoms with E-state index in [-0.39, 0.29) is 0 Å². The maximum Gasteiger partial charge on any atom is 0.0847 e. The second-order valence-corrected chi connectivity index (χ2v) is 6.07. The molecule has 104 valence electrons. The predicted octanol–water partition coefficient (Wildman–Crippen LogP) is 3.19. The number of hydrogen-bond acceptors (Lipinski definition) is 2. The molecular weight excluding hydrogens is 246 g/mol. The van der Waals surface area contributed by atoms with Crippen LogP contribution in [0, 0.1) is 18.8 Å². The summed E-state index contributed by atoms with van der Waals surface area (Å²) in [6.45, 7) is 11.9. The van der Waals surface area contributed by atoms with Crippen molar-refractivity contribution in [2.24, 2.45) is 18.9 Å². The van der Waals surface area contributed by atoms with E-state index in [9.17, 15) is 0 Å². The van der Waals surface area contributed by atoms with Gasteiger partial charge >= 0.3 is 0 Å². The maximum atomic E-state index is 6.29. The van der Waals surface area contributed by atoms with Crippen LogP contribution in [-0.4, -0.2) is 22.4 Å². The summed E-state index contributed by atoms with van der Waals surface area (Å²) >= 11 is 6.29. The van der Waals surface area contributed by atoms with Crippen LogP contribution in [0.5, 0.6) is 0 Å². The number of rotatable bonds is 6. The standard InChI is InChI=1S/C14H26ClN3/c1-9(2)16-8-11(4)10(3)7-13-14(15)12(5)17-18(13)6/h9-11,16H,7-8H2,1-6H3. The molecule has 3 nitrogen and oxygen atoms in total. The van der Waals surface area contributed by atoms with E-state index in [4.69, 9.17) is 11.6 Å². The average molecular weight is 272 g/mol. The molecule has 1 N–H and O–H groups in total. The summed E-state index contributed by atoms with van der Waals surface area (Å²) in [5, 5.41) is 8.68. The molecule has 1 aromatic rings. The first-order chi connectivity index (χ1) is 8.32. The van der Waals surface area contributed by atoms with E-state index >= 15 is 0 Å². The lowest BCUT2D eigenvalue weighted by atomic mass is 9.91. The summed E-state index contributed by atoms with van der Waals surface area (Å²) in [6.07, 6.45) is 0.983. The van der Waals surface area contributed by atoms with Gasteiger partial charge in [-0.25, -0.2) is 0 Å². The predicted molar refractivity (Wildman–Crippen MR) is 78.1 cm³/mol. The van der Waals surface area contributed by atoms with Crippen molar-refractivity contribution in [3.05, 3.63) is 16.4 Å². The van der Waals surface area contributed by atoms with Gasteiger partial charge < -0.3 is 5.32 Å². The fourth-order valence-corrected chi connectivity index (χ4v) is 2.27. The molecule has 2 unspecified atom stereocenters. The first-order valence-corrected chi connectivity index (χ1v) is 7.12. The first-order valence-electron chi connectivity index (χ1n) is 6.74. The van der Waals surface area contributed by atoms with Crippen LogP contribution in [0.4, 0.5) is 0 Å². The average Bonchev–Trinajstić information content (AvgIpc) is 2.52. The molecule has 2 atom stereocenters. The van der Waals surface area contributed by atoms with Crippen molar-refractivity contribution in [3.63, 3.8) is 0 Å². The van der Waals surface area contributed by atoms with Gasteiger partial charge in [0.2, 0.25) is 0 Å². The third-order valence-corrected chi connectivity index (χ3v) is 4.09. The van der Waals surface area contributed by atoms with E-state index in [1.165, 1.54) is 0 Å². The number of hydrogen-bond donors (Lipinski definition) is 1. The Balaban J connectivity index is 2.61. The Bertz CT molecular complexity index is 385. The fraction of sp³-hybridized carbons (Fsp3) is 0.786. The molecule has 4 heteroatoms. The van der Waals surface area contributed by atoms with E-state index < -0.39 is 0 Å². The van der Waals surface area contributed by atoms with Crippen LogP contribution in [0.1, 0.15) is 39.1 Å². The monoisotopic (exact) mass is 271 g/mol. The van der Waals surface area contributed by atoms with Gasteiger partial charge in [0.15, 0.2) is 0 Å². The zero-order chi connectivity index (χ0) is 13.9. The van der Waals surface area contributed by atoms with Gasteiger partial charge in [-0.05, 0) is 31.7 Å². The normalized spacial score (nSPS) is 15.1. The van der Waals surface area contributed by atoms with Crippen LogP contribution < -0.4 is 5.32 Å². The lowest BCUT2D eigenvalue weighted by Gasteiger charge is -2.22.